The quantitative estimate of drug-likeness (QED) is 0.708. The molecule has 0 fully saturated rings. The normalized spacial score (nSPS) is 10.7. The fourth-order valence-electron chi connectivity index (χ4n) is 1.49. The highest BCUT2D eigenvalue weighted by Gasteiger charge is 1.98. The average molecular weight is 188 g/mol. The zero-order chi connectivity index (χ0) is 10.1. The molecule has 3 nitrogen and oxygen atoms in total. The summed E-state index contributed by atoms with van der Waals surface area (Å²) in [5.41, 5.74) is 8.17. The monoisotopic (exact) mass is 188 g/mol. The van der Waals surface area contributed by atoms with Gasteiger partial charge in [0.05, 0.1) is 0 Å². The van der Waals surface area contributed by atoms with Crippen molar-refractivity contribution in [1.82, 2.24) is 4.98 Å². The molecule has 14 heavy (non-hydrogen) atoms. The van der Waals surface area contributed by atoms with E-state index in [0.717, 1.165) is 22.0 Å². The number of rotatable bonds is 1. The Balaban J connectivity index is 2.77. The summed E-state index contributed by atoms with van der Waals surface area (Å²) in [6.07, 6.45) is 0. The Bertz CT molecular complexity index is 528. The van der Waals surface area contributed by atoms with Crippen LogP contribution in [-0.2, 0) is 6.54 Å². The number of aryl methyl sites for hydroxylation is 1. The molecule has 0 spiro atoms. The van der Waals surface area contributed by atoms with Crippen molar-refractivity contribution in [3.63, 3.8) is 0 Å². The van der Waals surface area contributed by atoms with Crippen molar-refractivity contribution in [2.75, 3.05) is 0 Å². The number of nitrogens with two attached hydrogens (primary N) is 1. The number of aromatic nitrogens is 1. The molecule has 3 N–H and O–H groups in total. The van der Waals surface area contributed by atoms with Gasteiger partial charge in [0, 0.05) is 17.6 Å². The van der Waals surface area contributed by atoms with E-state index in [9.17, 15) is 4.79 Å². The second kappa shape index (κ2) is 3.27. The van der Waals surface area contributed by atoms with Crippen LogP contribution in [0.3, 0.4) is 0 Å². The van der Waals surface area contributed by atoms with Gasteiger partial charge in [0.25, 0.3) is 5.56 Å². The summed E-state index contributed by atoms with van der Waals surface area (Å²) in [6.45, 7) is 2.32. The number of hydrogen-bond donors (Lipinski definition) is 2. The third-order valence-corrected chi connectivity index (χ3v) is 2.33. The number of fused-ring (bicyclic) bond motifs is 1. The SMILES string of the molecule is Cc1cc2cc(CN)ccc2[nH]c1=O. The summed E-state index contributed by atoms with van der Waals surface area (Å²) < 4.78 is 0. The molecule has 0 saturated heterocycles. The highest BCUT2D eigenvalue weighted by Crippen LogP contribution is 2.12. The molecule has 0 aliphatic heterocycles. The summed E-state index contributed by atoms with van der Waals surface area (Å²) in [6, 6.07) is 7.69. The molecule has 0 aliphatic rings. The molecular weight excluding hydrogens is 176 g/mol. The Morgan fingerprint density at radius 3 is 2.86 bits per heavy atom. The molecule has 2 rings (SSSR count). The van der Waals surface area contributed by atoms with Crippen LogP contribution in [0.4, 0.5) is 0 Å². The Morgan fingerprint density at radius 1 is 1.36 bits per heavy atom. The number of aromatic amines is 1. The molecule has 2 aromatic rings. The molecule has 1 aromatic carbocycles. The van der Waals surface area contributed by atoms with Crippen molar-refractivity contribution in [2.24, 2.45) is 5.73 Å². The Labute approximate surface area is 81.6 Å². The minimum Gasteiger partial charge on any atom is -0.326 e. The van der Waals surface area contributed by atoms with Crippen LogP contribution >= 0.6 is 0 Å². The van der Waals surface area contributed by atoms with E-state index in [0.29, 0.717) is 6.54 Å². The second-order valence-corrected chi connectivity index (χ2v) is 3.41. The molecule has 3 heteroatoms. The van der Waals surface area contributed by atoms with Crippen LogP contribution in [0.2, 0.25) is 0 Å². The minimum atomic E-state index is -0.0296. The molecule has 0 bridgehead atoms. The summed E-state index contributed by atoms with van der Waals surface area (Å²) in [4.78, 5) is 14.1. The fraction of sp³-hybridized carbons (Fsp3) is 0.182. The van der Waals surface area contributed by atoms with Crippen molar-refractivity contribution in [1.29, 1.82) is 0 Å². The number of H-pyrrole nitrogens is 1. The standard InChI is InChI=1S/C11H12N2O/c1-7-4-9-5-8(6-12)2-3-10(9)13-11(7)14/h2-5H,6,12H2,1H3,(H,13,14). The predicted octanol–water partition coefficient (Wildman–Crippen LogP) is 1.30. The summed E-state index contributed by atoms with van der Waals surface area (Å²) in [7, 11) is 0. The lowest BCUT2D eigenvalue weighted by Gasteiger charge is -2.01. The first kappa shape index (κ1) is 8.97. The van der Waals surface area contributed by atoms with Crippen LogP contribution in [0.1, 0.15) is 11.1 Å². The van der Waals surface area contributed by atoms with Crippen molar-refractivity contribution < 1.29 is 0 Å². The first-order valence-electron chi connectivity index (χ1n) is 4.53. The van der Waals surface area contributed by atoms with E-state index >= 15 is 0 Å². The van der Waals surface area contributed by atoms with Crippen LogP contribution in [0.15, 0.2) is 29.1 Å². The van der Waals surface area contributed by atoms with Gasteiger partial charge in [-0.1, -0.05) is 6.07 Å². The molecule has 0 amide bonds. The van der Waals surface area contributed by atoms with Crippen molar-refractivity contribution in [3.8, 4) is 0 Å². The lowest BCUT2D eigenvalue weighted by molar-refractivity contribution is 1.07. The maximum atomic E-state index is 11.3. The van der Waals surface area contributed by atoms with Crippen LogP contribution in [0.25, 0.3) is 10.9 Å². The Kier molecular flexibility index (Phi) is 2.09. The number of pyridine rings is 1. The van der Waals surface area contributed by atoms with E-state index in [4.69, 9.17) is 5.73 Å². The molecule has 0 radical (unpaired) electrons. The topological polar surface area (TPSA) is 58.9 Å². The second-order valence-electron chi connectivity index (χ2n) is 3.41. The van der Waals surface area contributed by atoms with E-state index in [1.54, 1.807) is 6.92 Å². The maximum absolute atomic E-state index is 11.3. The average Bonchev–Trinajstić information content (AvgIpc) is 2.19. The minimum absolute atomic E-state index is 0.0296. The largest absolute Gasteiger partial charge is 0.326 e. The van der Waals surface area contributed by atoms with Gasteiger partial charge in [0.15, 0.2) is 0 Å². The van der Waals surface area contributed by atoms with Gasteiger partial charge >= 0.3 is 0 Å². The van der Waals surface area contributed by atoms with E-state index in [1.807, 2.05) is 24.3 Å². The van der Waals surface area contributed by atoms with E-state index in [-0.39, 0.29) is 5.56 Å². The number of hydrogen-bond acceptors (Lipinski definition) is 2. The maximum Gasteiger partial charge on any atom is 0.251 e. The number of benzene rings is 1. The summed E-state index contributed by atoms with van der Waals surface area (Å²) in [5.74, 6) is 0. The van der Waals surface area contributed by atoms with Crippen molar-refractivity contribution in [2.45, 2.75) is 13.5 Å². The van der Waals surface area contributed by atoms with Gasteiger partial charge in [0.1, 0.15) is 0 Å². The molecule has 0 aliphatic carbocycles. The zero-order valence-corrected chi connectivity index (χ0v) is 8.00. The summed E-state index contributed by atoms with van der Waals surface area (Å²) >= 11 is 0. The fourth-order valence-corrected chi connectivity index (χ4v) is 1.49. The van der Waals surface area contributed by atoms with Gasteiger partial charge in [-0.25, -0.2) is 0 Å². The van der Waals surface area contributed by atoms with Crippen LogP contribution in [0.5, 0.6) is 0 Å². The van der Waals surface area contributed by atoms with Crippen molar-refractivity contribution in [3.05, 3.63) is 45.7 Å². The van der Waals surface area contributed by atoms with Crippen LogP contribution in [-0.4, -0.2) is 4.98 Å². The molecule has 72 valence electrons. The van der Waals surface area contributed by atoms with Crippen LogP contribution in [0, 0.1) is 6.92 Å². The Hall–Kier alpha value is -1.61. The highest BCUT2D eigenvalue weighted by molar-refractivity contribution is 5.79. The third-order valence-electron chi connectivity index (χ3n) is 2.33. The highest BCUT2D eigenvalue weighted by atomic mass is 16.1. The van der Waals surface area contributed by atoms with E-state index in [2.05, 4.69) is 4.98 Å². The Morgan fingerprint density at radius 2 is 2.14 bits per heavy atom. The first-order chi connectivity index (χ1) is 6.70. The van der Waals surface area contributed by atoms with E-state index < -0.39 is 0 Å². The molecule has 0 unspecified atom stereocenters. The van der Waals surface area contributed by atoms with Gasteiger partial charge in [-0.15, -0.1) is 0 Å². The third kappa shape index (κ3) is 1.42. The predicted molar refractivity (Wildman–Crippen MR) is 57.2 cm³/mol. The zero-order valence-electron chi connectivity index (χ0n) is 8.00. The molecule has 1 heterocycles. The molecule has 0 saturated carbocycles. The number of nitrogens with one attached hydrogen (secondary N) is 1. The van der Waals surface area contributed by atoms with Gasteiger partial charge < -0.3 is 10.7 Å². The first-order valence-corrected chi connectivity index (χ1v) is 4.53. The smallest absolute Gasteiger partial charge is 0.251 e. The lowest BCUT2D eigenvalue weighted by atomic mass is 10.1. The molecule has 0 atom stereocenters. The van der Waals surface area contributed by atoms with Gasteiger partial charge in [0.2, 0.25) is 0 Å². The van der Waals surface area contributed by atoms with Crippen LogP contribution < -0.4 is 11.3 Å². The van der Waals surface area contributed by atoms with Gasteiger partial charge in [-0.05, 0) is 36.1 Å². The van der Waals surface area contributed by atoms with Crippen molar-refractivity contribution >= 4 is 10.9 Å². The molecular formula is C11H12N2O. The lowest BCUT2D eigenvalue weighted by Crippen LogP contribution is -2.08. The van der Waals surface area contributed by atoms with Gasteiger partial charge in [-0.2, -0.15) is 0 Å². The summed E-state index contributed by atoms with van der Waals surface area (Å²) in [5, 5.41) is 1.03. The van der Waals surface area contributed by atoms with E-state index in [1.165, 1.54) is 0 Å². The molecule has 1 aromatic heterocycles. The van der Waals surface area contributed by atoms with Gasteiger partial charge in [-0.3, -0.25) is 4.79 Å².